The summed E-state index contributed by atoms with van der Waals surface area (Å²) < 4.78 is 5.09. The van der Waals surface area contributed by atoms with E-state index in [2.05, 4.69) is 40.1 Å². The molecule has 4 saturated heterocycles. The molecule has 0 spiro atoms. The molecule has 0 radical (unpaired) electrons. The van der Waals surface area contributed by atoms with Crippen molar-refractivity contribution in [2.75, 3.05) is 32.8 Å². The van der Waals surface area contributed by atoms with Crippen LogP contribution in [0.3, 0.4) is 0 Å². The molecule has 0 unspecified atom stereocenters. The number of carbonyl (C=O) groups excluding carboxylic acids is 1. The molecule has 0 saturated carbocycles. The fourth-order valence-electron chi connectivity index (χ4n) is 5.45. The first-order chi connectivity index (χ1) is 12.3. The summed E-state index contributed by atoms with van der Waals surface area (Å²) in [7, 11) is 0. The summed E-state index contributed by atoms with van der Waals surface area (Å²) in [4.78, 5) is 17.1. The predicted molar refractivity (Wildman–Crippen MR) is 98.5 cm³/mol. The third-order valence-electron chi connectivity index (χ3n) is 6.45. The maximum absolute atomic E-state index is 11.7. The number of piperidine rings is 3. The number of benzene rings is 1. The first-order valence-corrected chi connectivity index (χ1v) is 9.96. The van der Waals surface area contributed by atoms with Crippen LogP contribution < -0.4 is 0 Å². The van der Waals surface area contributed by atoms with Gasteiger partial charge in [0.15, 0.2) is 0 Å². The van der Waals surface area contributed by atoms with Crippen LogP contribution in [0.15, 0.2) is 30.3 Å². The zero-order chi connectivity index (χ0) is 17.2. The molecule has 3 atom stereocenters. The van der Waals surface area contributed by atoms with E-state index in [1.54, 1.807) is 0 Å². The van der Waals surface area contributed by atoms with Gasteiger partial charge in [-0.25, -0.2) is 0 Å². The lowest BCUT2D eigenvalue weighted by Gasteiger charge is -2.51. The zero-order valence-corrected chi connectivity index (χ0v) is 15.3. The van der Waals surface area contributed by atoms with Crippen LogP contribution in [0.2, 0.25) is 0 Å². The van der Waals surface area contributed by atoms with Gasteiger partial charge in [-0.1, -0.05) is 30.3 Å². The van der Waals surface area contributed by atoms with Crippen LogP contribution >= 0.6 is 0 Å². The summed E-state index contributed by atoms with van der Waals surface area (Å²) in [5.41, 5.74) is 1.48. The van der Waals surface area contributed by atoms with Crippen molar-refractivity contribution in [3.63, 3.8) is 0 Å². The van der Waals surface area contributed by atoms with Crippen molar-refractivity contribution < 1.29 is 9.53 Å². The Hall–Kier alpha value is -1.39. The molecule has 4 fully saturated rings. The minimum atomic E-state index is -0.0493. The number of ether oxygens (including phenoxy) is 1. The van der Waals surface area contributed by atoms with E-state index in [1.807, 2.05) is 6.92 Å². The van der Waals surface area contributed by atoms with Crippen molar-refractivity contribution in [1.29, 1.82) is 0 Å². The van der Waals surface area contributed by atoms with Gasteiger partial charge in [0.05, 0.1) is 6.61 Å². The van der Waals surface area contributed by atoms with Crippen molar-refractivity contribution in [1.82, 2.24) is 9.80 Å². The van der Waals surface area contributed by atoms with Gasteiger partial charge >= 0.3 is 5.97 Å². The number of hydrogen-bond donors (Lipinski definition) is 0. The van der Waals surface area contributed by atoms with Gasteiger partial charge in [-0.05, 0) is 57.3 Å². The molecule has 136 valence electrons. The minimum absolute atomic E-state index is 0.0493. The van der Waals surface area contributed by atoms with Crippen molar-refractivity contribution in [2.24, 2.45) is 5.92 Å². The fraction of sp³-hybridized carbons (Fsp3) is 0.667. The average Bonchev–Trinajstić information content (AvgIpc) is 3.06. The Kier molecular flexibility index (Phi) is 5.09. The molecule has 0 N–H and O–H groups in total. The monoisotopic (exact) mass is 342 g/mol. The lowest BCUT2D eigenvalue weighted by molar-refractivity contribution is -0.143. The Morgan fingerprint density at radius 1 is 1.16 bits per heavy atom. The number of esters is 1. The summed E-state index contributed by atoms with van der Waals surface area (Å²) in [5, 5.41) is 0. The summed E-state index contributed by atoms with van der Waals surface area (Å²) in [6.45, 7) is 7.06. The summed E-state index contributed by atoms with van der Waals surface area (Å²) in [6, 6.07) is 12.4. The summed E-state index contributed by atoms with van der Waals surface area (Å²) >= 11 is 0. The summed E-state index contributed by atoms with van der Waals surface area (Å²) in [5.74, 6) is 1.40. The average molecular weight is 342 g/mol. The van der Waals surface area contributed by atoms with Gasteiger partial charge in [0.2, 0.25) is 0 Å². The van der Waals surface area contributed by atoms with Gasteiger partial charge in [-0.15, -0.1) is 0 Å². The van der Waals surface area contributed by atoms with Crippen LogP contribution in [0, 0.1) is 5.92 Å². The van der Waals surface area contributed by atoms with Crippen LogP contribution in [-0.2, 0) is 9.53 Å². The highest BCUT2D eigenvalue weighted by Crippen LogP contribution is 2.46. The maximum atomic E-state index is 11.7. The second-order valence-electron chi connectivity index (χ2n) is 7.78. The van der Waals surface area contributed by atoms with Crippen molar-refractivity contribution in [3.8, 4) is 0 Å². The van der Waals surface area contributed by atoms with Crippen LogP contribution in [0.4, 0.5) is 0 Å². The zero-order valence-electron chi connectivity index (χ0n) is 15.3. The highest BCUT2D eigenvalue weighted by Gasteiger charge is 2.52. The molecular formula is C21H30N2O2. The first-order valence-electron chi connectivity index (χ1n) is 9.96. The Morgan fingerprint density at radius 2 is 1.92 bits per heavy atom. The molecular weight excluding hydrogens is 312 g/mol. The number of fused-ring (bicyclic) bond motifs is 2. The van der Waals surface area contributed by atoms with Gasteiger partial charge in [0.1, 0.15) is 0 Å². The molecule has 5 rings (SSSR count). The number of nitrogens with zero attached hydrogens (tertiary/aromatic N) is 2. The lowest BCUT2D eigenvalue weighted by Crippen LogP contribution is -2.60. The molecule has 4 nitrogen and oxygen atoms in total. The topological polar surface area (TPSA) is 32.8 Å². The van der Waals surface area contributed by atoms with E-state index in [0.717, 1.165) is 25.4 Å². The SMILES string of the molecule is CCOC(=O)CCCN1C[C@H](c2ccccc2)[C@H]2[C@@H]1C1CCN2CC1. The van der Waals surface area contributed by atoms with Gasteiger partial charge < -0.3 is 4.74 Å². The lowest BCUT2D eigenvalue weighted by atomic mass is 9.75. The van der Waals surface area contributed by atoms with E-state index in [9.17, 15) is 4.79 Å². The van der Waals surface area contributed by atoms with Crippen molar-refractivity contribution >= 4 is 5.97 Å². The quantitative estimate of drug-likeness (QED) is 0.744. The number of rotatable bonds is 6. The Labute approximate surface area is 151 Å². The third kappa shape index (κ3) is 3.34. The van der Waals surface area contributed by atoms with E-state index in [1.165, 1.54) is 31.5 Å². The predicted octanol–water partition coefficient (Wildman–Crippen LogP) is 2.89. The van der Waals surface area contributed by atoms with E-state index in [-0.39, 0.29) is 5.97 Å². The van der Waals surface area contributed by atoms with Gasteiger partial charge in [-0.3, -0.25) is 14.6 Å². The molecule has 0 aromatic heterocycles. The van der Waals surface area contributed by atoms with E-state index < -0.39 is 0 Å². The van der Waals surface area contributed by atoms with E-state index in [0.29, 0.717) is 31.0 Å². The molecule has 4 aliphatic heterocycles. The van der Waals surface area contributed by atoms with Gasteiger partial charge in [0.25, 0.3) is 0 Å². The largest absolute Gasteiger partial charge is 0.466 e. The van der Waals surface area contributed by atoms with Crippen LogP contribution in [0.5, 0.6) is 0 Å². The first kappa shape index (κ1) is 17.0. The molecule has 2 bridgehead atoms. The number of carbonyl (C=O) groups is 1. The van der Waals surface area contributed by atoms with Crippen LogP contribution in [-0.4, -0.2) is 60.6 Å². The smallest absolute Gasteiger partial charge is 0.305 e. The van der Waals surface area contributed by atoms with Gasteiger partial charge in [0, 0.05) is 31.0 Å². The fourth-order valence-corrected chi connectivity index (χ4v) is 5.45. The number of hydrogen-bond acceptors (Lipinski definition) is 4. The highest BCUT2D eigenvalue weighted by atomic mass is 16.5. The molecule has 0 amide bonds. The maximum Gasteiger partial charge on any atom is 0.305 e. The van der Waals surface area contributed by atoms with E-state index in [4.69, 9.17) is 4.74 Å². The molecule has 1 aromatic rings. The van der Waals surface area contributed by atoms with Crippen molar-refractivity contribution in [3.05, 3.63) is 35.9 Å². The summed E-state index contributed by atoms with van der Waals surface area (Å²) in [6.07, 6.45) is 4.15. The van der Waals surface area contributed by atoms with Gasteiger partial charge in [-0.2, -0.15) is 0 Å². The molecule has 25 heavy (non-hydrogen) atoms. The second-order valence-corrected chi connectivity index (χ2v) is 7.78. The Bertz CT molecular complexity index is 583. The molecule has 4 heterocycles. The molecule has 0 aliphatic carbocycles. The highest BCUT2D eigenvalue weighted by molar-refractivity contribution is 5.69. The van der Waals surface area contributed by atoms with E-state index >= 15 is 0 Å². The minimum Gasteiger partial charge on any atom is -0.466 e. The second kappa shape index (κ2) is 7.46. The molecule has 4 heteroatoms. The third-order valence-corrected chi connectivity index (χ3v) is 6.45. The van der Waals surface area contributed by atoms with Crippen LogP contribution in [0.25, 0.3) is 0 Å². The molecule has 1 aromatic carbocycles. The normalized spacial score (nSPS) is 34.0. The number of likely N-dealkylation sites (tertiary alicyclic amines) is 1. The Balaban J connectivity index is 1.47. The van der Waals surface area contributed by atoms with Crippen LogP contribution in [0.1, 0.15) is 44.1 Å². The Morgan fingerprint density at radius 3 is 2.64 bits per heavy atom. The van der Waals surface area contributed by atoms with Crippen molar-refractivity contribution in [2.45, 2.75) is 50.6 Å². The molecule has 4 aliphatic rings. The standard InChI is InChI=1S/C21H30N2O2/c1-2-25-19(24)9-6-12-23-15-18(16-7-4-3-5-8-16)21-20(23)17-10-13-22(21)14-11-17/h3-5,7-8,17-18,20-21H,2,6,9-15H2,1H3/t18-,20+,21+/m1/s1.